The maximum absolute atomic E-state index is 12.0. The zero-order valence-corrected chi connectivity index (χ0v) is 15.6. The smallest absolute Gasteiger partial charge is 0.407 e. The Morgan fingerprint density at radius 3 is 2.79 bits per heavy atom. The molecule has 0 saturated carbocycles. The number of carbonyl (C=O) groups excluding carboxylic acids is 2. The van der Waals surface area contributed by atoms with Crippen LogP contribution in [0, 0.1) is 0 Å². The van der Waals surface area contributed by atoms with Gasteiger partial charge in [-0.2, -0.15) is 0 Å². The monoisotopic (exact) mass is 392 g/mol. The lowest BCUT2D eigenvalue weighted by Crippen LogP contribution is -2.45. The van der Waals surface area contributed by atoms with Crippen LogP contribution in [0.1, 0.15) is 39.2 Å². The Balaban J connectivity index is 2.14. The summed E-state index contributed by atoms with van der Waals surface area (Å²) in [5.74, 6) is 0. The van der Waals surface area contributed by atoms with Crippen LogP contribution < -0.4 is 5.32 Å². The summed E-state index contributed by atoms with van der Waals surface area (Å²) in [4.78, 5) is 26.6. The van der Waals surface area contributed by atoms with Gasteiger partial charge in [0, 0.05) is 4.47 Å². The quantitative estimate of drug-likeness (QED) is 0.618. The fraction of sp³-hybridized carbons (Fsp3) is 0.444. The SMILES string of the molecule is CC(C)(C)OC(=O)N[C@H]1CC=C(c2cccc(Br)c2)C[C@@H]1N=C=O. The van der Waals surface area contributed by atoms with Crippen LogP contribution in [-0.4, -0.2) is 29.9 Å². The minimum absolute atomic E-state index is 0.280. The second kappa shape index (κ2) is 7.77. The van der Waals surface area contributed by atoms with Crippen LogP contribution in [0.2, 0.25) is 0 Å². The lowest BCUT2D eigenvalue weighted by molar-refractivity contribution is 0.0496. The van der Waals surface area contributed by atoms with Gasteiger partial charge in [0.2, 0.25) is 6.08 Å². The van der Waals surface area contributed by atoms with Crippen molar-refractivity contribution in [3.05, 3.63) is 40.4 Å². The highest BCUT2D eigenvalue weighted by atomic mass is 79.9. The molecular formula is C18H21BrN2O3. The summed E-state index contributed by atoms with van der Waals surface area (Å²) >= 11 is 3.46. The molecule has 0 saturated heterocycles. The number of halogens is 1. The summed E-state index contributed by atoms with van der Waals surface area (Å²) < 4.78 is 6.27. The van der Waals surface area contributed by atoms with Crippen molar-refractivity contribution in [2.75, 3.05) is 0 Å². The highest BCUT2D eigenvalue weighted by molar-refractivity contribution is 9.10. The standard InChI is InChI=1S/C18H21BrN2O3/c1-18(2,3)24-17(23)21-15-8-7-13(10-16(15)20-11-22)12-5-4-6-14(19)9-12/h4-7,9,15-16H,8,10H2,1-3H3,(H,21,23)/t15-,16-/m0/s1. The molecule has 6 heteroatoms. The third-order valence-electron chi connectivity index (χ3n) is 3.63. The summed E-state index contributed by atoms with van der Waals surface area (Å²) in [5.41, 5.74) is 1.60. The van der Waals surface area contributed by atoms with E-state index in [9.17, 15) is 9.59 Å². The first-order chi connectivity index (χ1) is 11.3. The number of hydrogen-bond donors (Lipinski definition) is 1. The van der Waals surface area contributed by atoms with Crippen molar-refractivity contribution < 1.29 is 14.3 Å². The molecule has 1 amide bonds. The second-order valence-corrected chi connectivity index (χ2v) is 7.64. The molecule has 2 rings (SSSR count). The lowest BCUT2D eigenvalue weighted by Gasteiger charge is -2.30. The molecule has 0 heterocycles. The van der Waals surface area contributed by atoms with Crippen molar-refractivity contribution in [1.82, 2.24) is 5.32 Å². The number of amides is 1. The van der Waals surface area contributed by atoms with Gasteiger partial charge in [0.25, 0.3) is 0 Å². The van der Waals surface area contributed by atoms with Crippen LogP contribution in [0.4, 0.5) is 4.79 Å². The van der Waals surface area contributed by atoms with E-state index in [2.05, 4.69) is 32.3 Å². The third-order valence-corrected chi connectivity index (χ3v) is 4.12. The number of ether oxygens (including phenoxy) is 1. The fourth-order valence-electron chi connectivity index (χ4n) is 2.62. The van der Waals surface area contributed by atoms with Crippen molar-refractivity contribution in [1.29, 1.82) is 0 Å². The Bertz CT molecular complexity index is 688. The second-order valence-electron chi connectivity index (χ2n) is 6.72. The van der Waals surface area contributed by atoms with E-state index in [1.54, 1.807) is 26.9 Å². The summed E-state index contributed by atoms with van der Waals surface area (Å²) in [7, 11) is 0. The number of alkyl carbamates (subject to hydrolysis) is 1. The Morgan fingerprint density at radius 1 is 1.42 bits per heavy atom. The van der Waals surface area contributed by atoms with Gasteiger partial charge >= 0.3 is 6.09 Å². The molecule has 0 bridgehead atoms. The van der Waals surface area contributed by atoms with Crippen molar-refractivity contribution in [3.63, 3.8) is 0 Å². The van der Waals surface area contributed by atoms with E-state index >= 15 is 0 Å². The molecule has 128 valence electrons. The number of hydrogen-bond acceptors (Lipinski definition) is 4. The maximum Gasteiger partial charge on any atom is 0.407 e. The largest absolute Gasteiger partial charge is 0.444 e. The number of rotatable bonds is 3. The van der Waals surface area contributed by atoms with Crippen molar-refractivity contribution in [2.24, 2.45) is 4.99 Å². The summed E-state index contributed by atoms with van der Waals surface area (Å²) in [6.45, 7) is 5.42. The first-order valence-corrected chi connectivity index (χ1v) is 8.59. The Morgan fingerprint density at radius 2 is 2.17 bits per heavy atom. The van der Waals surface area contributed by atoms with E-state index in [4.69, 9.17) is 4.74 Å². The molecule has 0 radical (unpaired) electrons. The van der Waals surface area contributed by atoms with Gasteiger partial charge in [-0.25, -0.2) is 14.6 Å². The molecule has 1 aliphatic rings. The predicted octanol–water partition coefficient (Wildman–Crippen LogP) is 4.22. The van der Waals surface area contributed by atoms with Gasteiger partial charge in [-0.1, -0.05) is 34.1 Å². The number of isocyanates is 1. The highest BCUT2D eigenvalue weighted by Crippen LogP contribution is 2.30. The molecule has 0 unspecified atom stereocenters. The normalized spacial score (nSPS) is 20.6. The van der Waals surface area contributed by atoms with Crippen molar-refractivity contribution >= 4 is 33.7 Å². The minimum Gasteiger partial charge on any atom is -0.444 e. The number of nitrogens with one attached hydrogen (secondary N) is 1. The Hall–Kier alpha value is -1.91. The molecule has 0 aromatic heterocycles. The summed E-state index contributed by atoms with van der Waals surface area (Å²) in [6.07, 6.45) is 4.33. The minimum atomic E-state index is -0.570. The Labute approximate surface area is 150 Å². The van der Waals surface area contributed by atoms with E-state index in [-0.39, 0.29) is 12.1 Å². The summed E-state index contributed by atoms with van der Waals surface area (Å²) in [5, 5.41) is 2.81. The first-order valence-electron chi connectivity index (χ1n) is 7.80. The molecule has 1 N–H and O–H groups in total. The molecule has 5 nitrogen and oxygen atoms in total. The third kappa shape index (κ3) is 5.32. The maximum atomic E-state index is 12.0. The zero-order valence-electron chi connectivity index (χ0n) is 14.0. The van der Waals surface area contributed by atoms with Crippen LogP contribution >= 0.6 is 15.9 Å². The van der Waals surface area contributed by atoms with Gasteiger partial charge in [0.05, 0.1) is 12.1 Å². The molecule has 0 aliphatic heterocycles. The molecule has 1 aromatic carbocycles. The number of aliphatic imine (C=N–C) groups is 1. The lowest BCUT2D eigenvalue weighted by atomic mass is 9.87. The first kappa shape index (κ1) is 18.4. The molecule has 0 fully saturated rings. The predicted molar refractivity (Wildman–Crippen MR) is 96.4 cm³/mol. The molecule has 1 aromatic rings. The Kier molecular flexibility index (Phi) is 5.97. The number of benzene rings is 1. The molecule has 0 spiro atoms. The fourth-order valence-corrected chi connectivity index (χ4v) is 3.02. The van der Waals surface area contributed by atoms with E-state index < -0.39 is 11.7 Å². The van der Waals surface area contributed by atoms with Crippen LogP contribution in [0.5, 0.6) is 0 Å². The zero-order chi connectivity index (χ0) is 17.7. The van der Waals surface area contributed by atoms with Gasteiger partial charge < -0.3 is 10.1 Å². The van der Waals surface area contributed by atoms with Crippen molar-refractivity contribution in [3.8, 4) is 0 Å². The molecule has 24 heavy (non-hydrogen) atoms. The van der Waals surface area contributed by atoms with Gasteiger partial charge in [-0.05, 0) is 56.9 Å². The van der Waals surface area contributed by atoms with E-state index in [0.29, 0.717) is 12.8 Å². The average molecular weight is 393 g/mol. The van der Waals surface area contributed by atoms with E-state index in [0.717, 1.165) is 15.6 Å². The van der Waals surface area contributed by atoms with E-state index in [1.807, 2.05) is 24.3 Å². The average Bonchev–Trinajstić information content (AvgIpc) is 2.47. The van der Waals surface area contributed by atoms with Crippen LogP contribution in [-0.2, 0) is 9.53 Å². The molecular weight excluding hydrogens is 372 g/mol. The van der Waals surface area contributed by atoms with Crippen LogP contribution in [0.15, 0.2) is 39.8 Å². The van der Waals surface area contributed by atoms with Crippen LogP contribution in [0.3, 0.4) is 0 Å². The highest BCUT2D eigenvalue weighted by Gasteiger charge is 2.29. The topological polar surface area (TPSA) is 67.8 Å². The van der Waals surface area contributed by atoms with Crippen LogP contribution in [0.25, 0.3) is 5.57 Å². The summed E-state index contributed by atoms with van der Waals surface area (Å²) in [6, 6.07) is 7.32. The van der Waals surface area contributed by atoms with Gasteiger partial charge in [0.15, 0.2) is 0 Å². The van der Waals surface area contributed by atoms with E-state index in [1.165, 1.54) is 0 Å². The number of nitrogens with zero attached hydrogens (tertiary/aromatic N) is 1. The van der Waals surface area contributed by atoms with Crippen molar-refractivity contribution in [2.45, 2.75) is 51.3 Å². The van der Waals surface area contributed by atoms with Gasteiger partial charge in [-0.15, -0.1) is 0 Å². The van der Waals surface area contributed by atoms with Gasteiger partial charge in [0.1, 0.15) is 5.60 Å². The number of carbonyl (C=O) groups is 1. The molecule has 1 aliphatic carbocycles. The van der Waals surface area contributed by atoms with Gasteiger partial charge in [-0.3, -0.25) is 0 Å². The molecule has 2 atom stereocenters.